The Morgan fingerprint density at radius 2 is 1.58 bits per heavy atom. The summed E-state index contributed by atoms with van der Waals surface area (Å²) in [5.74, 6) is -1.27. The lowest BCUT2D eigenvalue weighted by Crippen LogP contribution is -2.45. The molecule has 9 nitrogen and oxygen atoms in total. The Labute approximate surface area is 258 Å². The second kappa shape index (κ2) is 11.1. The summed E-state index contributed by atoms with van der Waals surface area (Å²) in [4.78, 5) is 41.7. The molecule has 0 radical (unpaired) electrons. The summed E-state index contributed by atoms with van der Waals surface area (Å²) in [7, 11) is 0. The van der Waals surface area contributed by atoms with Crippen LogP contribution >= 0.6 is 23.2 Å². The van der Waals surface area contributed by atoms with E-state index in [1.807, 2.05) is 54.6 Å². The second-order valence-electron chi connectivity index (χ2n) is 11.0. The van der Waals surface area contributed by atoms with Gasteiger partial charge in [0.1, 0.15) is 6.54 Å². The van der Waals surface area contributed by atoms with Crippen LogP contribution in [0.5, 0.6) is 0 Å². The number of allylic oxidation sites excluding steroid dienone is 1. The van der Waals surface area contributed by atoms with Crippen LogP contribution in [-0.2, 0) is 14.4 Å². The first-order chi connectivity index (χ1) is 20.9. The molecular weight excluding hydrogens is 587 g/mol. The van der Waals surface area contributed by atoms with E-state index >= 15 is 0 Å². The SMILES string of the molecule is O=C1[C@@H]2N=NN(CC(=O)N3N=C4/C(=C\c5ccc(Cl)cc5)CCC[C@@H]4[C@H]3c3ccc(Cl)cc3)[C@H]2C(=O)N1c1ccccc1. The Bertz CT molecular complexity index is 1690. The predicted molar refractivity (Wildman–Crippen MR) is 163 cm³/mol. The Balaban J connectivity index is 1.19. The molecule has 0 spiro atoms. The molecule has 216 valence electrons. The largest absolute Gasteiger partial charge is 0.271 e. The zero-order chi connectivity index (χ0) is 29.7. The zero-order valence-electron chi connectivity index (χ0n) is 22.9. The van der Waals surface area contributed by atoms with Crippen LogP contribution in [0.3, 0.4) is 0 Å². The first-order valence-electron chi connectivity index (χ1n) is 14.1. The van der Waals surface area contributed by atoms with E-state index in [2.05, 4.69) is 16.4 Å². The second-order valence-corrected chi connectivity index (χ2v) is 11.9. The Morgan fingerprint density at radius 3 is 2.30 bits per heavy atom. The highest BCUT2D eigenvalue weighted by atomic mass is 35.5. The third-order valence-electron chi connectivity index (χ3n) is 8.35. The molecule has 4 atom stereocenters. The van der Waals surface area contributed by atoms with E-state index in [-0.39, 0.29) is 24.4 Å². The van der Waals surface area contributed by atoms with Gasteiger partial charge in [0.15, 0.2) is 12.1 Å². The number of nitrogens with zero attached hydrogens (tertiary/aromatic N) is 6. The van der Waals surface area contributed by atoms with Crippen molar-refractivity contribution in [1.29, 1.82) is 0 Å². The van der Waals surface area contributed by atoms with Crippen molar-refractivity contribution in [2.45, 2.75) is 37.4 Å². The molecule has 11 heteroatoms. The van der Waals surface area contributed by atoms with Crippen LogP contribution in [0.2, 0.25) is 10.0 Å². The van der Waals surface area contributed by atoms with Gasteiger partial charge in [-0.05, 0) is 78.4 Å². The minimum Gasteiger partial charge on any atom is -0.271 e. The topological polar surface area (TPSA) is 98.0 Å². The molecule has 0 aromatic heterocycles. The summed E-state index contributed by atoms with van der Waals surface area (Å²) in [5, 5.41) is 17.2. The van der Waals surface area contributed by atoms with E-state index in [0.29, 0.717) is 15.7 Å². The number of rotatable bonds is 5. The van der Waals surface area contributed by atoms with Crippen LogP contribution in [0, 0.1) is 5.92 Å². The van der Waals surface area contributed by atoms with Crippen LogP contribution in [-0.4, -0.2) is 52.1 Å². The summed E-state index contributed by atoms with van der Waals surface area (Å²) in [6.45, 7) is -0.254. The third kappa shape index (κ3) is 4.92. The number of benzene rings is 3. The van der Waals surface area contributed by atoms with Crippen LogP contribution in [0.15, 0.2) is 99.9 Å². The van der Waals surface area contributed by atoms with Crippen molar-refractivity contribution in [3.05, 3.63) is 106 Å². The maximum Gasteiger partial charge on any atom is 0.264 e. The van der Waals surface area contributed by atoms with Gasteiger partial charge in [0, 0.05) is 16.0 Å². The Morgan fingerprint density at radius 1 is 0.884 bits per heavy atom. The number of hydrazone groups is 1. The van der Waals surface area contributed by atoms with Crippen molar-refractivity contribution in [3.8, 4) is 0 Å². The van der Waals surface area contributed by atoms with Crippen molar-refractivity contribution in [1.82, 2.24) is 10.0 Å². The van der Waals surface area contributed by atoms with E-state index in [9.17, 15) is 14.4 Å². The van der Waals surface area contributed by atoms with Gasteiger partial charge in [-0.3, -0.25) is 19.4 Å². The number of halogens is 2. The highest BCUT2D eigenvalue weighted by Gasteiger charge is 2.55. The summed E-state index contributed by atoms with van der Waals surface area (Å²) >= 11 is 12.3. The average Bonchev–Trinajstić information content (AvgIpc) is 3.68. The average molecular weight is 614 g/mol. The number of imide groups is 1. The van der Waals surface area contributed by atoms with Gasteiger partial charge in [0.2, 0.25) is 0 Å². The predicted octanol–water partition coefficient (Wildman–Crippen LogP) is 6.11. The number of anilines is 1. The van der Waals surface area contributed by atoms with Crippen LogP contribution in [0.1, 0.15) is 36.4 Å². The van der Waals surface area contributed by atoms with Crippen molar-refractivity contribution in [2.24, 2.45) is 21.4 Å². The maximum absolute atomic E-state index is 14.0. The smallest absolute Gasteiger partial charge is 0.264 e. The van der Waals surface area contributed by atoms with Gasteiger partial charge < -0.3 is 0 Å². The molecule has 3 aliphatic heterocycles. The lowest BCUT2D eigenvalue weighted by atomic mass is 9.77. The van der Waals surface area contributed by atoms with E-state index in [4.69, 9.17) is 28.3 Å². The molecule has 4 aliphatic rings. The fraction of sp³-hybridized carbons (Fsp3) is 0.250. The van der Waals surface area contributed by atoms with Gasteiger partial charge in [-0.1, -0.05) is 70.9 Å². The molecule has 1 saturated carbocycles. The lowest BCUT2D eigenvalue weighted by Gasteiger charge is -2.30. The first-order valence-corrected chi connectivity index (χ1v) is 14.9. The van der Waals surface area contributed by atoms with E-state index < -0.39 is 23.9 Å². The van der Waals surface area contributed by atoms with Gasteiger partial charge in [0.25, 0.3) is 17.7 Å². The molecule has 3 heterocycles. The maximum atomic E-state index is 14.0. The molecule has 3 amide bonds. The van der Waals surface area contributed by atoms with Gasteiger partial charge in [-0.2, -0.15) is 10.2 Å². The van der Waals surface area contributed by atoms with E-state index in [0.717, 1.165) is 46.6 Å². The highest BCUT2D eigenvalue weighted by molar-refractivity contribution is 6.31. The Kier molecular flexibility index (Phi) is 7.07. The minimum absolute atomic E-state index is 0.0198. The molecule has 0 N–H and O–H groups in total. The van der Waals surface area contributed by atoms with Crippen LogP contribution in [0.4, 0.5) is 5.69 Å². The lowest BCUT2D eigenvalue weighted by molar-refractivity contribution is -0.136. The quantitative estimate of drug-likeness (QED) is 0.325. The molecule has 0 unspecified atom stereocenters. The molecule has 1 saturated heterocycles. The molecule has 3 aromatic carbocycles. The zero-order valence-corrected chi connectivity index (χ0v) is 24.4. The molecule has 2 fully saturated rings. The van der Waals surface area contributed by atoms with Crippen molar-refractivity contribution in [3.63, 3.8) is 0 Å². The summed E-state index contributed by atoms with van der Waals surface area (Å²) in [5.41, 5.74) is 4.33. The van der Waals surface area contributed by atoms with Crippen molar-refractivity contribution >= 4 is 58.4 Å². The molecular formula is C32H26Cl2N6O3. The first kappa shape index (κ1) is 27.5. The van der Waals surface area contributed by atoms with E-state index in [1.165, 1.54) is 10.0 Å². The van der Waals surface area contributed by atoms with Crippen molar-refractivity contribution < 1.29 is 14.4 Å². The number of carbonyl (C=O) groups is 3. The molecule has 0 bridgehead atoms. The number of fused-ring (bicyclic) bond motifs is 2. The fourth-order valence-corrected chi connectivity index (χ4v) is 6.61. The van der Waals surface area contributed by atoms with Gasteiger partial charge in [0.05, 0.1) is 17.4 Å². The number of hydrogen-bond donors (Lipinski definition) is 0. The number of amides is 3. The molecule has 3 aromatic rings. The number of para-hydroxylation sites is 1. The standard InChI is InChI=1S/C32H26Cl2N6O3/c33-22-13-9-19(10-14-22)17-21-5-4-8-25-27(21)36-40(29(25)20-11-15-23(34)16-12-20)26(41)18-38-30-28(35-37-38)31(42)39(32(30)43)24-6-2-1-3-7-24/h1-3,6-7,9-17,25,28-30H,4-5,8,18H2/b21-17-/t25-,28+,29+,30+/m0/s1. The molecule has 7 rings (SSSR count). The third-order valence-corrected chi connectivity index (χ3v) is 8.85. The van der Waals surface area contributed by atoms with Crippen molar-refractivity contribution in [2.75, 3.05) is 11.4 Å². The Hall–Kier alpha value is -4.34. The number of carbonyl (C=O) groups excluding carboxylic acids is 3. The minimum atomic E-state index is -0.992. The normalized spacial score (nSPS) is 25.4. The monoisotopic (exact) mass is 612 g/mol. The molecule has 1 aliphatic carbocycles. The number of hydrogen-bond acceptors (Lipinski definition) is 7. The van der Waals surface area contributed by atoms with Crippen LogP contribution < -0.4 is 4.90 Å². The van der Waals surface area contributed by atoms with E-state index in [1.54, 1.807) is 24.3 Å². The highest BCUT2D eigenvalue weighted by Crippen LogP contribution is 2.45. The van der Waals surface area contributed by atoms with Gasteiger partial charge in [-0.25, -0.2) is 9.91 Å². The summed E-state index contributed by atoms with van der Waals surface area (Å²) in [6.07, 6.45) is 4.75. The van der Waals surface area contributed by atoms with Gasteiger partial charge in [-0.15, -0.1) is 0 Å². The fourth-order valence-electron chi connectivity index (χ4n) is 6.36. The summed E-state index contributed by atoms with van der Waals surface area (Å²) in [6, 6.07) is 21.5. The summed E-state index contributed by atoms with van der Waals surface area (Å²) < 4.78 is 0. The molecule has 43 heavy (non-hydrogen) atoms. The van der Waals surface area contributed by atoms with Crippen LogP contribution in [0.25, 0.3) is 6.08 Å². The van der Waals surface area contributed by atoms with Gasteiger partial charge >= 0.3 is 0 Å².